The van der Waals surface area contributed by atoms with Crippen molar-refractivity contribution < 1.29 is 34.7 Å². The summed E-state index contributed by atoms with van der Waals surface area (Å²) in [5.74, 6) is -1.55. The Morgan fingerprint density at radius 2 is 2.00 bits per heavy atom. The first-order valence-corrected chi connectivity index (χ1v) is 8.00. The van der Waals surface area contributed by atoms with Crippen molar-refractivity contribution in [2.24, 2.45) is 0 Å². The number of aliphatic carboxylic acids is 1. The SMILES string of the molecule is O=C([O-])C1OC(Oc2c[nH]c3ccc(Br)c(Cl)c23)C(O)C(O)C1O. The smallest absolute Gasteiger partial charge is 0.229 e. The van der Waals surface area contributed by atoms with Crippen molar-refractivity contribution in [3.8, 4) is 5.75 Å². The third kappa shape index (κ3) is 2.87. The Bertz CT molecular complexity index is 782. The molecular weight excluding hydrogens is 410 g/mol. The first-order valence-electron chi connectivity index (χ1n) is 6.83. The highest BCUT2D eigenvalue weighted by atomic mass is 79.9. The second kappa shape index (κ2) is 6.51. The molecule has 1 aromatic carbocycles. The number of rotatable bonds is 3. The fraction of sp³-hybridized carbons (Fsp3) is 0.357. The predicted molar refractivity (Wildman–Crippen MR) is 83.3 cm³/mol. The van der Waals surface area contributed by atoms with Crippen LogP contribution >= 0.6 is 27.5 Å². The number of H-pyrrole nitrogens is 1. The van der Waals surface area contributed by atoms with Crippen molar-refractivity contribution >= 4 is 44.4 Å². The fourth-order valence-electron chi connectivity index (χ4n) is 2.49. The first kappa shape index (κ1) is 17.5. The monoisotopic (exact) mass is 420 g/mol. The van der Waals surface area contributed by atoms with Crippen molar-refractivity contribution in [1.29, 1.82) is 0 Å². The molecule has 1 aliphatic heterocycles. The van der Waals surface area contributed by atoms with Gasteiger partial charge in [-0.15, -0.1) is 0 Å². The third-order valence-corrected chi connectivity index (χ3v) is 5.03. The van der Waals surface area contributed by atoms with E-state index in [1.807, 2.05) is 0 Å². The van der Waals surface area contributed by atoms with Crippen LogP contribution in [0.3, 0.4) is 0 Å². The summed E-state index contributed by atoms with van der Waals surface area (Å²) in [6.07, 6.45) is -7.23. The molecule has 0 spiro atoms. The number of halogens is 2. The zero-order chi connectivity index (χ0) is 17.6. The molecule has 5 atom stereocenters. The zero-order valence-electron chi connectivity index (χ0n) is 11.8. The maximum absolute atomic E-state index is 11.0. The maximum Gasteiger partial charge on any atom is 0.229 e. The molecule has 10 heteroatoms. The van der Waals surface area contributed by atoms with Crippen molar-refractivity contribution in [2.75, 3.05) is 0 Å². The Morgan fingerprint density at radius 3 is 2.67 bits per heavy atom. The van der Waals surface area contributed by atoms with Crippen molar-refractivity contribution in [3.05, 3.63) is 27.8 Å². The molecule has 0 saturated carbocycles. The van der Waals surface area contributed by atoms with Gasteiger partial charge in [-0.05, 0) is 28.1 Å². The quantitative estimate of drug-likeness (QED) is 0.526. The van der Waals surface area contributed by atoms with Crippen LogP contribution in [0.4, 0.5) is 0 Å². The van der Waals surface area contributed by atoms with Crippen LogP contribution in [0.1, 0.15) is 0 Å². The number of carbonyl (C=O) groups excluding carboxylic acids is 1. The van der Waals surface area contributed by atoms with Gasteiger partial charge in [0.25, 0.3) is 0 Å². The zero-order valence-corrected chi connectivity index (χ0v) is 14.2. The minimum absolute atomic E-state index is 0.182. The average Bonchev–Trinajstić information content (AvgIpc) is 2.94. The summed E-state index contributed by atoms with van der Waals surface area (Å²) in [5, 5.41) is 41.2. The summed E-state index contributed by atoms with van der Waals surface area (Å²) in [6.45, 7) is 0. The molecule has 3 rings (SSSR count). The Balaban J connectivity index is 1.93. The Labute approximate surface area is 148 Å². The van der Waals surface area contributed by atoms with E-state index in [1.54, 1.807) is 12.1 Å². The van der Waals surface area contributed by atoms with Gasteiger partial charge in [0.05, 0.1) is 21.9 Å². The second-order valence-electron chi connectivity index (χ2n) is 5.27. The van der Waals surface area contributed by atoms with Crippen LogP contribution in [0.2, 0.25) is 5.02 Å². The molecule has 0 bridgehead atoms. The number of fused-ring (bicyclic) bond motifs is 1. The Morgan fingerprint density at radius 1 is 1.29 bits per heavy atom. The largest absolute Gasteiger partial charge is 0.547 e. The number of nitrogens with one attached hydrogen (secondary N) is 1. The molecule has 8 nitrogen and oxygen atoms in total. The highest BCUT2D eigenvalue weighted by molar-refractivity contribution is 9.10. The van der Waals surface area contributed by atoms with Gasteiger partial charge in [0.15, 0.2) is 0 Å². The van der Waals surface area contributed by atoms with E-state index in [0.29, 0.717) is 20.4 Å². The van der Waals surface area contributed by atoms with Crippen LogP contribution in [0.15, 0.2) is 22.8 Å². The van der Waals surface area contributed by atoms with E-state index in [4.69, 9.17) is 21.1 Å². The van der Waals surface area contributed by atoms with E-state index in [1.165, 1.54) is 6.20 Å². The fourth-order valence-corrected chi connectivity index (χ4v) is 3.07. The standard InChI is InChI=1S/C14H13BrClNO7/c15-4-1-2-5-7(8(4)16)6(3-17-5)23-14-11(20)9(18)10(19)12(24-14)13(21)22/h1-3,9-12,14,17-20H,(H,21,22)/p-1. The minimum Gasteiger partial charge on any atom is -0.547 e. The number of aromatic nitrogens is 1. The molecule has 2 heterocycles. The van der Waals surface area contributed by atoms with E-state index in [0.717, 1.165) is 0 Å². The molecule has 1 aliphatic rings. The molecule has 1 aromatic heterocycles. The van der Waals surface area contributed by atoms with Gasteiger partial charge in [-0.25, -0.2) is 0 Å². The van der Waals surface area contributed by atoms with E-state index < -0.39 is 36.7 Å². The van der Waals surface area contributed by atoms with Crippen LogP contribution in [0.25, 0.3) is 10.9 Å². The van der Waals surface area contributed by atoms with Gasteiger partial charge < -0.3 is 39.7 Å². The second-order valence-corrected chi connectivity index (χ2v) is 6.50. The van der Waals surface area contributed by atoms with Crippen LogP contribution in [0, 0.1) is 0 Å². The summed E-state index contributed by atoms with van der Waals surface area (Å²) in [5.41, 5.74) is 0.639. The van der Waals surface area contributed by atoms with E-state index in [-0.39, 0.29) is 5.75 Å². The molecule has 0 aliphatic carbocycles. The highest BCUT2D eigenvalue weighted by Crippen LogP contribution is 2.38. The van der Waals surface area contributed by atoms with Gasteiger partial charge in [0, 0.05) is 10.7 Å². The van der Waals surface area contributed by atoms with Crippen LogP contribution in [-0.2, 0) is 9.53 Å². The predicted octanol–water partition coefficient (Wildman–Crippen LogP) is -0.480. The molecule has 1 fully saturated rings. The van der Waals surface area contributed by atoms with Crippen molar-refractivity contribution in [1.82, 2.24) is 4.98 Å². The summed E-state index contributed by atoms with van der Waals surface area (Å²) >= 11 is 9.49. The molecule has 24 heavy (non-hydrogen) atoms. The third-order valence-electron chi connectivity index (χ3n) is 3.75. The summed E-state index contributed by atoms with van der Waals surface area (Å²) in [6, 6.07) is 3.46. The number of carbonyl (C=O) groups is 1. The minimum atomic E-state index is -1.85. The maximum atomic E-state index is 11.0. The summed E-state index contributed by atoms with van der Waals surface area (Å²) in [4.78, 5) is 13.9. The topological polar surface area (TPSA) is 135 Å². The lowest BCUT2D eigenvalue weighted by molar-refractivity contribution is -0.342. The molecule has 5 unspecified atom stereocenters. The molecular formula is C14H12BrClNO7-. The van der Waals surface area contributed by atoms with Gasteiger partial charge in [-0.2, -0.15) is 0 Å². The van der Waals surface area contributed by atoms with E-state index in [2.05, 4.69) is 20.9 Å². The molecule has 130 valence electrons. The lowest BCUT2D eigenvalue weighted by Gasteiger charge is -2.40. The first-order chi connectivity index (χ1) is 11.3. The van der Waals surface area contributed by atoms with Gasteiger partial charge >= 0.3 is 0 Å². The Hall–Kier alpha value is -1.36. The van der Waals surface area contributed by atoms with E-state index >= 15 is 0 Å². The van der Waals surface area contributed by atoms with Gasteiger partial charge in [0.2, 0.25) is 6.29 Å². The van der Waals surface area contributed by atoms with Gasteiger partial charge in [-0.1, -0.05) is 11.6 Å². The normalized spacial score (nSPS) is 30.5. The molecule has 2 aromatic rings. The van der Waals surface area contributed by atoms with Gasteiger partial charge in [-0.3, -0.25) is 0 Å². The Kier molecular flexibility index (Phi) is 4.73. The lowest BCUT2D eigenvalue weighted by Crippen LogP contribution is -2.63. The van der Waals surface area contributed by atoms with Crippen molar-refractivity contribution in [2.45, 2.75) is 30.7 Å². The summed E-state index contributed by atoms with van der Waals surface area (Å²) in [7, 11) is 0. The van der Waals surface area contributed by atoms with Crippen LogP contribution < -0.4 is 9.84 Å². The van der Waals surface area contributed by atoms with E-state index in [9.17, 15) is 25.2 Å². The number of carboxylic acid groups (broad SMARTS) is 1. The lowest BCUT2D eigenvalue weighted by atomic mass is 9.99. The van der Waals surface area contributed by atoms with Crippen molar-refractivity contribution in [3.63, 3.8) is 0 Å². The number of carboxylic acids is 1. The number of benzene rings is 1. The molecule has 4 N–H and O–H groups in total. The highest BCUT2D eigenvalue weighted by Gasteiger charge is 2.45. The number of hydrogen-bond acceptors (Lipinski definition) is 7. The number of aromatic amines is 1. The summed E-state index contributed by atoms with van der Waals surface area (Å²) < 4.78 is 11.1. The number of aliphatic hydroxyl groups excluding tert-OH is 3. The molecule has 0 amide bonds. The number of hydrogen-bond donors (Lipinski definition) is 4. The van der Waals surface area contributed by atoms with Crippen LogP contribution in [0.5, 0.6) is 5.75 Å². The average molecular weight is 422 g/mol. The van der Waals surface area contributed by atoms with Gasteiger partial charge in [0.1, 0.15) is 30.2 Å². The number of aliphatic hydroxyl groups is 3. The number of ether oxygens (including phenoxy) is 2. The van der Waals surface area contributed by atoms with Crippen LogP contribution in [-0.4, -0.2) is 57.0 Å². The molecule has 0 radical (unpaired) electrons. The molecule has 1 saturated heterocycles.